The molecule has 0 spiro atoms. The standard InChI is InChI=1S/C23H15BrClN3O2/c24-15-5-1-13(2-6-15)20-19-21(27-26-20)23(30)28(17-9-7-16(25)8-10-17)22(19)14-3-11-18(29)12-4-14/h1-12,22,29H,(H,26,27). The van der Waals surface area contributed by atoms with Crippen LogP contribution in [0.5, 0.6) is 5.75 Å². The average molecular weight is 481 g/mol. The highest BCUT2D eigenvalue weighted by molar-refractivity contribution is 9.10. The highest BCUT2D eigenvalue weighted by Gasteiger charge is 2.43. The van der Waals surface area contributed by atoms with E-state index in [1.165, 1.54) is 0 Å². The van der Waals surface area contributed by atoms with Crippen molar-refractivity contribution in [3.63, 3.8) is 0 Å². The first-order chi connectivity index (χ1) is 14.5. The fourth-order valence-electron chi connectivity index (χ4n) is 3.81. The number of carbonyl (C=O) groups is 1. The Hall–Kier alpha value is -3.09. The van der Waals surface area contributed by atoms with E-state index in [2.05, 4.69) is 26.1 Å². The SMILES string of the molecule is O=C1c2[nH]nc(-c3ccc(Br)cc3)c2C(c2ccc(O)cc2)N1c1ccc(Cl)cc1. The number of nitrogens with zero attached hydrogens (tertiary/aromatic N) is 2. The lowest BCUT2D eigenvalue weighted by atomic mass is 9.96. The van der Waals surface area contributed by atoms with Crippen molar-refractivity contribution in [3.8, 4) is 17.0 Å². The molecule has 1 aliphatic rings. The molecule has 0 radical (unpaired) electrons. The molecule has 2 N–H and O–H groups in total. The molecule has 0 aliphatic carbocycles. The summed E-state index contributed by atoms with van der Waals surface area (Å²) >= 11 is 9.52. The van der Waals surface area contributed by atoms with E-state index in [0.717, 1.165) is 32.5 Å². The number of aromatic amines is 1. The van der Waals surface area contributed by atoms with Gasteiger partial charge in [0.25, 0.3) is 5.91 Å². The monoisotopic (exact) mass is 479 g/mol. The van der Waals surface area contributed by atoms with E-state index in [1.54, 1.807) is 29.2 Å². The molecule has 1 unspecified atom stereocenters. The summed E-state index contributed by atoms with van der Waals surface area (Å²) in [5, 5.41) is 17.8. The van der Waals surface area contributed by atoms with Gasteiger partial charge in [-0.2, -0.15) is 5.10 Å². The number of phenolic OH excluding ortho intramolecular Hbond substituents is 1. The molecule has 2 heterocycles. The van der Waals surface area contributed by atoms with Crippen LogP contribution in [0.3, 0.4) is 0 Å². The number of hydrogen-bond acceptors (Lipinski definition) is 3. The number of rotatable bonds is 3. The summed E-state index contributed by atoms with van der Waals surface area (Å²) in [7, 11) is 0. The van der Waals surface area contributed by atoms with Gasteiger partial charge in [0, 0.05) is 26.3 Å². The second-order valence-electron chi connectivity index (χ2n) is 7.01. The Kier molecular flexibility index (Phi) is 4.60. The third-order valence-corrected chi connectivity index (χ3v) is 5.98. The van der Waals surface area contributed by atoms with Crippen LogP contribution < -0.4 is 4.90 Å². The van der Waals surface area contributed by atoms with Crippen molar-refractivity contribution in [3.05, 3.63) is 99.1 Å². The van der Waals surface area contributed by atoms with Gasteiger partial charge in [-0.15, -0.1) is 0 Å². The van der Waals surface area contributed by atoms with E-state index in [9.17, 15) is 9.90 Å². The summed E-state index contributed by atoms with van der Waals surface area (Å²) in [6.07, 6.45) is 0. The third kappa shape index (κ3) is 3.09. The molecule has 7 heteroatoms. The molecule has 3 aromatic carbocycles. The molecule has 1 aromatic heterocycles. The number of halogens is 2. The summed E-state index contributed by atoms with van der Waals surface area (Å²) in [6.45, 7) is 0. The van der Waals surface area contributed by atoms with Crippen LogP contribution in [0.2, 0.25) is 5.02 Å². The maximum absolute atomic E-state index is 13.4. The van der Waals surface area contributed by atoms with Crippen molar-refractivity contribution < 1.29 is 9.90 Å². The Labute approximate surface area is 186 Å². The molecular formula is C23H15BrClN3O2. The van der Waals surface area contributed by atoms with Gasteiger partial charge in [-0.1, -0.05) is 51.8 Å². The van der Waals surface area contributed by atoms with E-state index in [-0.39, 0.29) is 11.7 Å². The number of benzene rings is 3. The normalized spacial score (nSPS) is 15.5. The van der Waals surface area contributed by atoms with Gasteiger partial charge in [0.15, 0.2) is 0 Å². The number of fused-ring (bicyclic) bond motifs is 1. The highest BCUT2D eigenvalue weighted by atomic mass is 79.9. The van der Waals surface area contributed by atoms with Gasteiger partial charge in [0.05, 0.1) is 11.7 Å². The topological polar surface area (TPSA) is 69.2 Å². The summed E-state index contributed by atoms with van der Waals surface area (Å²) in [5.74, 6) is 0.00271. The average Bonchev–Trinajstić information content (AvgIpc) is 3.29. The third-order valence-electron chi connectivity index (χ3n) is 5.20. The Bertz CT molecular complexity index is 1240. The van der Waals surface area contributed by atoms with Gasteiger partial charge < -0.3 is 5.11 Å². The number of nitrogens with one attached hydrogen (secondary N) is 1. The highest BCUT2D eigenvalue weighted by Crippen LogP contribution is 2.45. The van der Waals surface area contributed by atoms with Gasteiger partial charge in [-0.05, 0) is 54.1 Å². The number of anilines is 1. The van der Waals surface area contributed by atoms with Gasteiger partial charge in [-0.25, -0.2) is 0 Å². The van der Waals surface area contributed by atoms with Gasteiger partial charge in [-0.3, -0.25) is 14.8 Å². The number of amides is 1. The molecule has 30 heavy (non-hydrogen) atoms. The number of aromatic nitrogens is 2. The van der Waals surface area contributed by atoms with Crippen molar-refractivity contribution in [1.82, 2.24) is 10.2 Å². The lowest BCUT2D eigenvalue weighted by molar-refractivity contribution is 0.0989. The summed E-state index contributed by atoms with van der Waals surface area (Å²) in [5.41, 5.74) is 4.50. The predicted octanol–water partition coefficient (Wildman–Crippen LogP) is 5.95. The molecule has 1 amide bonds. The first-order valence-electron chi connectivity index (χ1n) is 9.25. The summed E-state index contributed by atoms with van der Waals surface area (Å²) < 4.78 is 0.965. The fourth-order valence-corrected chi connectivity index (χ4v) is 4.21. The van der Waals surface area contributed by atoms with E-state index in [4.69, 9.17) is 11.6 Å². The molecule has 0 fully saturated rings. The van der Waals surface area contributed by atoms with Crippen molar-refractivity contribution in [2.45, 2.75) is 6.04 Å². The first kappa shape index (κ1) is 18.9. The number of hydrogen-bond donors (Lipinski definition) is 2. The number of aromatic hydroxyl groups is 1. The van der Waals surface area contributed by atoms with Crippen LogP contribution in [-0.4, -0.2) is 21.2 Å². The minimum atomic E-state index is -0.397. The van der Waals surface area contributed by atoms with E-state index in [0.29, 0.717) is 10.7 Å². The molecule has 0 saturated heterocycles. The van der Waals surface area contributed by atoms with Gasteiger partial charge in [0.2, 0.25) is 0 Å². The zero-order valence-electron chi connectivity index (χ0n) is 15.5. The van der Waals surface area contributed by atoms with Crippen LogP contribution in [0.25, 0.3) is 11.3 Å². The Balaban J connectivity index is 1.71. The van der Waals surface area contributed by atoms with E-state index >= 15 is 0 Å². The van der Waals surface area contributed by atoms with E-state index in [1.807, 2.05) is 48.5 Å². The summed E-state index contributed by atoms with van der Waals surface area (Å²) in [6, 6.07) is 21.5. The van der Waals surface area contributed by atoms with E-state index < -0.39 is 6.04 Å². The van der Waals surface area contributed by atoms with Crippen LogP contribution >= 0.6 is 27.5 Å². The quantitative estimate of drug-likeness (QED) is 0.381. The predicted molar refractivity (Wildman–Crippen MR) is 120 cm³/mol. The van der Waals surface area contributed by atoms with Crippen molar-refractivity contribution in [1.29, 1.82) is 0 Å². The molecular weight excluding hydrogens is 466 g/mol. The zero-order chi connectivity index (χ0) is 20.8. The van der Waals surface area contributed by atoms with Crippen LogP contribution in [0, 0.1) is 0 Å². The minimum Gasteiger partial charge on any atom is -0.508 e. The molecule has 148 valence electrons. The second kappa shape index (κ2) is 7.31. The fraction of sp³-hybridized carbons (Fsp3) is 0.0435. The lowest BCUT2D eigenvalue weighted by Gasteiger charge is -2.26. The maximum Gasteiger partial charge on any atom is 0.277 e. The zero-order valence-corrected chi connectivity index (χ0v) is 17.9. The van der Waals surface area contributed by atoms with Crippen LogP contribution in [0.1, 0.15) is 27.7 Å². The Morgan fingerprint density at radius 3 is 2.30 bits per heavy atom. The minimum absolute atomic E-state index is 0.166. The molecule has 4 aromatic rings. The summed E-state index contributed by atoms with van der Waals surface area (Å²) in [4.78, 5) is 15.1. The second-order valence-corrected chi connectivity index (χ2v) is 8.37. The van der Waals surface area contributed by atoms with Crippen molar-refractivity contribution in [2.75, 3.05) is 4.90 Å². The van der Waals surface area contributed by atoms with Crippen LogP contribution in [0.4, 0.5) is 5.69 Å². The van der Waals surface area contributed by atoms with Crippen LogP contribution in [0.15, 0.2) is 77.3 Å². The maximum atomic E-state index is 13.4. The molecule has 0 bridgehead atoms. The molecule has 5 nitrogen and oxygen atoms in total. The molecule has 5 rings (SSSR count). The number of phenols is 1. The van der Waals surface area contributed by atoms with Crippen molar-refractivity contribution in [2.24, 2.45) is 0 Å². The largest absolute Gasteiger partial charge is 0.508 e. The van der Waals surface area contributed by atoms with Gasteiger partial charge >= 0.3 is 0 Å². The van der Waals surface area contributed by atoms with Gasteiger partial charge in [0.1, 0.15) is 11.4 Å². The smallest absolute Gasteiger partial charge is 0.277 e. The Morgan fingerprint density at radius 1 is 0.967 bits per heavy atom. The number of carbonyl (C=O) groups excluding carboxylic acids is 1. The number of H-pyrrole nitrogens is 1. The van der Waals surface area contributed by atoms with Crippen LogP contribution in [-0.2, 0) is 0 Å². The molecule has 1 atom stereocenters. The molecule has 0 saturated carbocycles. The lowest BCUT2D eigenvalue weighted by Crippen LogP contribution is -2.29. The Morgan fingerprint density at radius 2 is 1.63 bits per heavy atom. The first-order valence-corrected chi connectivity index (χ1v) is 10.4. The molecule has 1 aliphatic heterocycles. The van der Waals surface area contributed by atoms with Crippen molar-refractivity contribution >= 4 is 39.1 Å².